The van der Waals surface area contributed by atoms with Crippen LogP contribution in [0.1, 0.15) is 56.1 Å². The molecule has 2 aromatic heterocycles. The van der Waals surface area contributed by atoms with Crippen molar-refractivity contribution < 1.29 is 9.15 Å². The van der Waals surface area contributed by atoms with E-state index in [1.165, 1.54) is 5.56 Å². The maximum Gasteiger partial charge on any atom is 0.245 e. The predicted molar refractivity (Wildman–Crippen MR) is 87.2 cm³/mol. The van der Waals surface area contributed by atoms with Crippen molar-refractivity contribution in [3.63, 3.8) is 0 Å². The van der Waals surface area contributed by atoms with E-state index < -0.39 is 0 Å². The van der Waals surface area contributed by atoms with Gasteiger partial charge < -0.3 is 9.15 Å². The Hall–Kier alpha value is -1.73. The van der Waals surface area contributed by atoms with Gasteiger partial charge in [0.1, 0.15) is 6.10 Å². The minimum atomic E-state index is -0.0432. The van der Waals surface area contributed by atoms with Crippen LogP contribution in [0.25, 0.3) is 0 Å². The molecule has 0 unspecified atom stereocenters. The van der Waals surface area contributed by atoms with Gasteiger partial charge >= 0.3 is 0 Å². The summed E-state index contributed by atoms with van der Waals surface area (Å²) in [7, 11) is 1.96. The maximum absolute atomic E-state index is 6.21. The molecule has 0 aromatic carbocycles. The Morgan fingerprint density at radius 1 is 1.33 bits per heavy atom. The lowest BCUT2D eigenvalue weighted by Crippen LogP contribution is -2.40. The molecule has 0 radical (unpaired) electrons. The highest BCUT2D eigenvalue weighted by atomic mass is 16.5. The van der Waals surface area contributed by atoms with E-state index in [-0.39, 0.29) is 12.0 Å². The normalized spacial score (nSPS) is 27.8. The van der Waals surface area contributed by atoms with Crippen LogP contribution < -0.4 is 0 Å². The minimum Gasteiger partial charge on any atom is -0.422 e. The highest BCUT2D eigenvalue weighted by Gasteiger charge is 2.41. The predicted octanol–water partition coefficient (Wildman–Crippen LogP) is 2.28. The van der Waals surface area contributed by atoms with E-state index in [1.54, 1.807) is 0 Å². The number of ether oxygens (including phenoxy) is 1. The van der Waals surface area contributed by atoms with Crippen molar-refractivity contribution in [1.29, 1.82) is 0 Å². The molecule has 3 atom stereocenters. The molecule has 2 aromatic rings. The van der Waals surface area contributed by atoms with Gasteiger partial charge in [0.2, 0.25) is 11.8 Å². The van der Waals surface area contributed by atoms with Crippen molar-refractivity contribution in [3.8, 4) is 0 Å². The molecular formula is C17H25N5O2. The van der Waals surface area contributed by atoms with E-state index in [0.717, 1.165) is 32.5 Å². The summed E-state index contributed by atoms with van der Waals surface area (Å²) in [6, 6.07) is 0. The van der Waals surface area contributed by atoms with Crippen LogP contribution in [0.3, 0.4) is 0 Å². The number of rotatable bonds is 4. The summed E-state index contributed by atoms with van der Waals surface area (Å²) in [5, 5.41) is 12.6. The largest absolute Gasteiger partial charge is 0.422 e. The molecule has 2 aliphatic heterocycles. The summed E-state index contributed by atoms with van der Waals surface area (Å²) < 4.78 is 13.9. The monoisotopic (exact) mass is 331 g/mol. The molecule has 4 heterocycles. The molecule has 0 bridgehead atoms. The third kappa shape index (κ3) is 3.10. The fourth-order valence-corrected chi connectivity index (χ4v) is 3.76. The molecule has 0 amide bonds. The highest BCUT2D eigenvalue weighted by molar-refractivity contribution is 5.04. The van der Waals surface area contributed by atoms with Gasteiger partial charge in [0.15, 0.2) is 0 Å². The maximum atomic E-state index is 6.21. The minimum absolute atomic E-state index is 0.0432. The molecule has 0 aliphatic carbocycles. The summed E-state index contributed by atoms with van der Waals surface area (Å²) >= 11 is 0. The number of likely N-dealkylation sites (tertiary alicyclic amines) is 1. The second-order valence-corrected chi connectivity index (χ2v) is 7.34. The first kappa shape index (κ1) is 15.8. The molecule has 0 spiro atoms. The zero-order valence-corrected chi connectivity index (χ0v) is 14.6. The summed E-state index contributed by atoms with van der Waals surface area (Å²) in [5.74, 6) is 2.13. The Morgan fingerprint density at radius 3 is 2.92 bits per heavy atom. The van der Waals surface area contributed by atoms with Crippen LogP contribution in [0.5, 0.6) is 0 Å². The standard InChI is InChI=1S/C17H25N5O2/c1-11(2)16-19-20-17(24-16)15-6-13-10-22(5-4-14(13)23-15)9-12-7-18-21(3)8-12/h7-8,11,13-15H,4-6,9-10H2,1-3H3/t13-,14-,15+/m0/s1. The third-order valence-corrected chi connectivity index (χ3v) is 4.99. The van der Waals surface area contributed by atoms with E-state index >= 15 is 0 Å². The van der Waals surface area contributed by atoms with Gasteiger partial charge in [-0.15, -0.1) is 10.2 Å². The number of aryl methyl sites for hydroxylation is 1. The summed E-state index contributed by atoms with van der Waals surface area (Å²) in [5.41, 5.74) is 1.27. The van der Waals surface area contributed by atoms with Crippen LogP contribution in [-0.2, 0) is 18.3 Å². The molecule has 7 heteroatoms. The van der Waals surface area contributed by atoms with Gasteiger partial charge in [0.05, 0.1) is 12.3 Å². The zero-order valence-electron chi connectivity index (χ0n) is 14.6. The first-order valence-electron chi connectivity index (χ1n) is 8.77. The van der Waals surface area contributed by atoms with E-state index in [4.69, 9.17) is 9.15 Å². The van der Waals surface area contributed by atoms with Crippen LogP contribution in [0.4, 0.5) is 0 Å². The molecule has 2 fully saturated rings. The van der Waals surface area contributed by atoms with Gasteiger partial charge in [-0.25, -0.2) is 0 Å². The second-order valence-electron chi connectivity index (χ2n) is 7.34. The van der Waals surface area contributed by atoms with Crippen molar-refractivity contribution >= 4 is 0 Å². The molecule has 0 saturated carbocycles. The fourth-order valence-electron chi connectivity index (χ4n) is 3.76. The number of aromatic nitrogens is 4. The van der Waals surface area contributed by atoms with Crippen molar-refractivity contribution in [2.75, 3.05) is 13.1 Å². The van der Waals surface area contributed by atoms with Gasteiger partial charge in [-0.1, -0.05) is 13.8 Å². The molecule has 4 rings (SSSR count). The van der Waals surface area contributed by atoms with Crippen LogP contribution in [0.2, 0.25) is 0 Å². The molecule has 2 aliphatic rings. The molecule has 7 nitrogen and oxygen atoms in total. The lowest BCUT2D eigenvalue weighted by Gasteiger charge is -2.33. The van der Waals surface area contributed by atoms with E-state index in [1.807, 2.05) is 17.9 Å². The smallest absolute Gasteiger partial charge is 0.245 e. The van der Waals surface area contributed by atoms with Crippen LogP contribution >= 0.6 is 0 Å². The van der Waals surface area contributed by atoms with Crippen LogP contribution in [-0.4, -0.2) is 44.1 Å². The number of piperidine rings is 1. The Bertz CT molecular complexity index is 695. The molecular weight excluding hydrogens is 306 g/mol. The van der Waals surface area contributed by atoms with Gasteiger partial charge in [-0.3, -0.25) is 9.58 Å². The Labute approximate surface area is 142 Å². The highest BCUT2D eigenvalue weighted by Crippen LogP contribution is 2.40. The van der Waals surface area contributed by atoms with Crippen molar-refractivity contribution in [3.05, 3.63) is 29.7 Å². The van der Waals surface area contributed by atoms with Crippen LogP contribution in [0, 0.1) is 5.92 Å². The summed E-state index contributed by atoms with van der Waals surface area (Å²) in [6.45, 7) is 7.19. The SMILES string of the molecule is CC(C)c1nnc([C@H]2C[C@H]3CN(Cc4cnn(C)c4)CC[C@@H]3O2)o1. The molecule has 0 N–H and O–H groups in total. The Kier molecular flexibility index (Phi) is 4.14. The molecule has 24 heavy (non-hydrogen) atoms. The lowest BCUT2D eigenvalue weighted by molar-refractivity contribution is -0.00988. The Balaban J connectivity index is 1.38. The average molecular weight is 331 g/mol. The second kappa shape index (κ2) is 6.29. The number of hydrogen-bond acceptors (Lipinski definition) is 6. The first-order chi connectivity index (χ1) is 11.6. The van der Waals surface area contributed by atoms with Crippen molar-refractivity contribution in [2.24, 2.45) is 13.0 Å². The number of nitrogens with zero attached hydrogens (tertiary/aromatic N) is 5. The molecule has 2 saturated heterocycles. The quantitative estimate of drug-likeness (QED) is 0.856. The zero-order chi connectivity index (χ0) is 16.7. The first-order valence-corrected chi connectivity index (χ1v) is 8.77. The third-order valence-electron chi connectivity index (χ3n) is 4.99. The van der Waals surface area contributed by atoms with Crippen LogP contribution in [0.15, 0.2) is 16.8 Å². The lowest BCUT2D eigenvalue weighted by atomic mass is 9.92. The fraction of sp³-hybridized carbons (Fsp3) is 0.706. The summed E-state index contributed by atoms with van der Waals surface area (Å²) in [6.07, 6.45) is 6.34. The van der Waals surface area contributed by atoms with E-state index in [2.05, 4.69) is 40.2 Å². The topological polar surface area (TPSA) is 69.2 Å². The molecule has 130 valence electrons. The number of hydrogen-bond donors (Lipinski definition) is 0. The van der Waals surface area contributed by atoms with Gasteiger partial charge in [-0.2, -0.15) is 5.10 Å². The summed E-state index contributed by atoms with van der Waals surface area (Å²) in [4.78, 5) is 2.50. The van der Waals surface area contributed by atoms with E-state index in [9.17, 15) is 0 Å². The van der Waals surface area contributed by atoms with Crippen molar-refractivity contribution in [1.82, 2.24) is 24.9 Å². The van der Waals surface area contributed by atoms with Gasteiger partial charge in [0.25, 0.3) is 0 Å². The number of fused-ring (bicyclic) bond motifs is 1. The Morgan fingerprint density at radius 2 is 2.21 bits per heavy atom. The average Bonchev–Trinajstić information content (AvgIpc) is 3.25. The van der Waals surface area contributed by atoms with Gasteiger partial charge in [-0.05, 0) is 12.8 Å². The van der Waals surface area contributed by atoms with E-state index in [0.29, 0.717) is 23.8 Å². The van der Waals surface area contributed by atoms with Gasteiger partial charge in [0, 0.05) is 50.3 Å². The van der Waals surface area contributed by atoms with Crippen molar-refractivity contribution in [2.45, 2.75) is 51.4 Å².